The van der Waals surface area contributed by atoms with Gasteiger partial charge in [-0.25, -0.2) is 0 Å². The van der Waals surface area contributed by atoms with Crippen LogP contribution in [-0.4, -0.2) is 15.7 Å². The molecule has 0 radical (unpaired) electrons. The van der Waals surface area contributed by atoms with Crippen LogP contribution in [0.15, 0.2) is 30.3 Å². The van der Waals surface area contributed by atoms with Gasteiger partial charge in [-0.3, -0.25) is 9.48 Å². The van der Waals surface area contributed by atoms with Crippen LogP contribution >= 0.6 is 0 Å². The Kier molecular flexibility index (Phi) is 3.97. The van der Waals surface area contributed by atoms with Crippen LogP contribution in [0.5, 0.6) is 0 Å². The van der Waals surface area contributed by atoms with Crippen LogP contribution in [0.2, 0.25) is 0 Å². The van der Waals surface area contributed by atoms with Crippen LogP contribution in [0.25, 0.3) is 0 Å². The third kappa shape index (κ3) is 2.82. The maximum atomic E-state index is 12.3. The Labute approximate surface area is 112 Å². The monoisotopic (exact) mass is 258 g/mol. The predicted molar refractivity (Wildman–Crippen MR) is 74.9 cm³/mol. The highest BCUT2D eigenvalue weighted by Gasteiger charge is 2.14. The summed E-state index contributed by atoms with van der Waals surface area (Å²) in [5, 5.41) is 7.15. The molecule has 2 aromatic rings. The van der Waals surface area contributed by atoms with Gasteiger partial charge in [-0.05, 0) is 31.5 Å². The topological polar surface area (TPSA) is 72.9 Å². The molecule has 1 aromatic heterocycles. The van der Waals surface area contributed by atoms with E-state index in [9.17, 15) is 4.79 Å². The van der Waals surface area contributed by atoms with Gasteiger partial charge < -0.3 is 11.1 Å². The molecular weight excluding hydrogens is 240 g/mol. The van der Waals surface area contributed by atoms with Crippen LogP contribution in [0, 0.1) is 6.92 Å². The van der Waals surface area contributed by atoms with Gasteiger partial charge in [0.15, 0.2) is 0 Å². The Balaban J connectivity index is 2.25. The highest BCUT2D eigenvalue weighted by molar-refractivity contribution is 6.03. The number of carbonyl (C=O) groups excluding carboxylic acids is 1. The molecule has 0 atom stereocenters. The highest BCUT2D eigenvalue weighted by atomic mass is 16.2. The van der Waals surface area contributed by atoms with Crippen molar-refractivity contribution in [3.63, 3.8) is 0 Å². The van der Waals surface area contributed by atoms with Crippen molar-refractivity contribution in [3.05, 3.63) is 47.3 Å². The summed E-state index contributed by atoms with van der Waals surface area (Å²) in [7, 11) is 0. The molecule has 0 aliphatic rings. The second kappa shape index (κ2) is 5.67. The maximum Gasteiger partial charge on any atom is 0.273 e. The van der Waals surface area contributed by atoms with E-state index in [-0.39, 0.29) is 5.91 Å². The lowest BCUT2D eigenvalue weighted by Gasteiger charge is -2.10. The van der Waals surface area contributed by atoms with Gasteiger partial charge in [-0.1, -0.05) is 18.2 Å². The van der Waals surface area contributed by atoms with E-state index in [1.54, 1.807) is 10.7 Å². The molecule has 0 aliphatic carbocycles. The van der Waals surface area contributed by atoms with Crippen LogP contribution < -0.4 is 11.1 Å². The molecule has 3 N–H and O–H groups in total. The molecule has 100 valence electrons. The average molecular weight is 258 g/mol. The molecule has 0 bridgehead atoms. The van der Waals surface area contributed by atoms with E-state index in [1.165, 1.54) is 0 Å². The second-order valence-electron chi connectivity index (χ2n) is 4.30. The van der Waals surface area contributed by atoms with Gasteiger partial charge in [-0.2, -0.15) is 5.10 Å². The highest BCUT2D eigenvalue weighted by Crippen LogP contribution is 2.16. The fourth-order valence-electron chi connectivity index (χ4n) is 1.98. The molecule has 0 spiro atoms. The quantitative estimate of drug-likeness (QED) is 0.880. The van der Waals surface area contributed by atoms with Crippen molar-refractivity contribution in [2.75, 3.05) is 5.32 Å². The fraction of sp³-hybridized carbons (Fsp3) is 0.286. The van der Waals surface area contributed by atoms with E-state index < -0.39 is 0 Å². The molecule has 0 aliphatic heterocycles. The number of carbonyl (C=O) groups is 1. The zero-order valence-electron chi connectivity index (χ0n) is 11.2. The molecule has 1 heterocycles. The minimum atomic E-state index is -0.164. The van der Waals surface area contributed by atoms with Crippen molar-refractivity contribution in [1.82, 2.24) is 9.78 Å². The average Bonchev–Trinajstić information content (AvgIpc) is 2.80. The summed E-state index contributed by atoms with van der Waals surface area (Å²) in [4.78, 5) is 12.3. The van der Waals surface area contributed by atoms with Gasteiger partial charge in [0, 0.05) is 18.8 Å². The molecule has 19 heavy (non-hydrogen) atoms. The number of para-hydroxylation sites is 1. The van der Waals surface area contributed by atoms with Crippen molar-refractivity contribution < 1.29 is 4.79 Å². The van der Waals surface area contributed by atoms with Gasteiger partial charge in [0.2, 0.25) is 0 Å². The number of nitrogens with one attached hydrogen (secondary N) is 1. The van der Waals surface area contributed by atoms with Crippen LogP contribution in [0.3, 0.4) is 0 Å². The predicted octanol–water partition coefficient (Wildman–Crippen LogP) is 1.92. The number of hydrogen-bond donors (Lipinski definition) is 2. The summed E-state index contributed by atoms with van der Waals surface area (Å²) >= 11 is 0. The van der Waals surface area contributed by atoms with Gasteiger partial charge in [-0.15, -0.1) is 0 Å². The fourth-order valence-corrected chi connectivity index (χ4v) is 1.98. The Bertz CT molecular complexity index is 589. The molecule has 0 fully saturated rings. The Morgan fingerprint density at radius 3 is 2.84 bits per heavy atom. The second-order valence-corrected chi connectivity index (χ2v) is 4.30. The molecular formula is C14H18N4O. The van der Waals surface area contributed by atoms with Gasteiger partial charge in [0.1, 0.15) is 5.69 Å². The molecule has 0 saturated heterocycles. The summed E-state index contributed by atoms with van der Waals surface area (Å²) in [5.74, 6) is -0.164. The summed E-state index contributed by atoms with van der Waals surface area (Å²) in [5.41, 5.74) is 8.71. The van der Waals surface area contributed by atoms with E-state index in [1.807, 2.05) is 38.1 Å². The van der Waals surface area contributed by atoms with E-state index >= 15 is 0 Å². The first-order chi connectivity index (χ1) is 9.15. The number of amides is 1. The van der Waals surface area contributed by atoms with E-state index in [0.29, 0.717) is 18.8 Å². The van der Waals surface area contributed by atoms with Gasteiger partial charge >= 0.3 is 0 Å². The smallest absolute Gasteiger partial charge is 0.273 e. The third-order valence-electron chi connectivity index (χ3n) is 2.92. The number of hydrogen-bond acceptors (Lipinski definition) is 3. The molecule has 5 heteroatoms. The zero-order chi connectivity index (χ0) is 13.8. The number of nitrogens with zero attached hydrogens (tertiary/aromatic N) is 2. The molecule has 0 unspecified atom stereocenters. The largest absolute Gasteiger partial charge is 0.326 e. The van der Waals surface area contributed by atoms with Gasteiger partial charge in [0.25, 0.3) is 5.91 Å². The van der Waals surface area contributed by atoms with E-state index in [0.717, 1.165) is 16.9 Å². The first-order valence-electron chi connectivity index (χ1n) is 6.29. The SMILES string of the molecule is CCn1nc(C)cc1C(=O)Nc1ccccc1CN. The number of anilines is 1. The molecule has 5 nitrogen and oxygen atoms in total. The standard InChI is InChI=1S/C14H18N4O/c1-3-18-13(8-10(2)17-18)14(19)16-12-7-5-4-6-11(12)9-15/h4-8H,3,9,15H2,1-2H3,(H,16,19). The van der Waals surface area contributed by atoms with Crippen molar-refractivity contribution >= 4 is 11.6 Å². The normalized spacial score (nSPS) is 10.5. The summed E-state index contributed by atoms with van der Waals surface area (Å²) < 4.78 is 1.69. The van der Waals surface area contributed by atoms with Crippen molar-refractivity contribution in [2.45, 2.75) is 26.9 Å². The van der Waals surface area contributed by atoms with Crippen LogP contribution in [0.4, 0.5) is 5.69 Å². The Hall–Kier alpha value is -2.14. The zero-order valence-corrected chi connectivity index (χ0v) is 11.2. The van der Waals surface area contributed by atoms with Crippen molar-refractivity contribution in [1.29, 1.82) is 0 Å². The Morgan fingerprint density at radius 2 is 2.16 bits per heavy atom. The lowest BCUT2D eigenvalue weighted by Crippen LogP contribution is -2.18. The molecule has 1 amide bonds. The van der Waals surface area contributed by atoms with Crippen LogP contribution in [0.1, 0.15) is 28.7 Å². The van der Waals surface area contributed by atoms with Gasteiger partial charge in [0.05, 0.1) is 5.69 Å². The molecule has 1 aromatic carbocycles. The van der Waals surface area contributed by atoms with E-state index in [4.69, 9.17) is 5.73 Å². The number of aromatic nitrogens is 2. The van der Waals surface area contributed by atoms with E-state index in [2.05, 4.69) is 10.4 Å². The Morgan fingerprint density at radius 1 is 1.42 bits per heavy atom. The third-order valence-corrected chi connectivity index (χ3v) is 2.92. The van der Waals surface area contributed by atoms with Crippen LogP contribution in [-0.2, 0) is 13.1 Å². The first-order valence-corrected chi connectivity index (χ1v) is 6.29. The van der Waals surface area contributed by atoms with Crippen molar-refractivity contribution in [2.24, 2.45) is 5.73 Å². The number of rotatable bonds is 4. The minimum absolute atomic E-state index is 0.164. The molecule has 0 saturated carbocycles. The minimum Gasteiger partial charge on any atom is -0.326 e. The number of benzene rings is 1. The number of aryl methyl sites for hydroxylation is 2. The summed E-state index contributed by atoms with van der Waals surface area (Å²) in [6.07, 6.45) is 0. The summed E-state index contributed by atoms with van der Waals surface area (Å²) in [6, 6.07) is 9.30. The lowest BCUT2D eigenvalue weighted by molar-refractivity contribution is 0.101. The summed E-state index contributed by atoms with van der Waals surface area (Å²) in [6.45, 7) is 4.88. The lowest BCUT2D eigenvalue weighted by atomic mass is 10.1. The maximum absolute atomic E-state index is 12.3. The number of nitrogens with two attached hydrogens (primary N) is 1. The molecule has 2 rings (SSSR count). The first kappa shape index (κ1) is 13.3. The van der Waals surface area contributed by atoms with Crippen molar-refractivity contribution in [3.8, 4) is 0 Å².